The third kappa shape index (κ3) is 6.05. The van der Waals surface area contributed by atoms with Gasteiger partial charge in [0.05, 0.1) is 16.9 Å². The highest BCUT2D eigenvalue weighted by molar-refractivity contribution is 8.26. The van der Waals surface area contributed by atoms with Gasteiger partial charge < -0.3 is 10.1 Å². The van der Waals surface area contributed by atoms with Gasteiger partial charge in [0.1, 0.15) is 10.9 Å². The van der Waals surface area contributed by atoms with Crippen molar-refractivity contribution in [1.82, 2.24) is 15.1 Å². The van der Waals surface area contributed by atoms with E-state index in [1.807, 2.05) is 30.3 Å². The van der Waals surface area contributed by atoms with Crippen LogP contribution < -0.4 is 14.8 Å². The number of methoxy groups -OCH3 is 1. The van der Waals surface area contributed by atoms with Crippen LogP contribution >= 0.6 is 24.0 Å². The Balaban J connectivity index is 1.37. The van der Waals surface area contributed by atoms with E-state index in [0.717, 1.165) is 17.3 Å². The van der Waals surface area contributed by atoms with Gasteiger partial charge in [-0.15, -0.1) is 10.2 Å². The van der Waals surface area contributed by atoms with Gasteiger partial charge in [-0.05, 0) is 42.0 Å². The predicted octanol–water partition coefficient (Wildman–Crippen LogP) is 3.13. The molecule has 0 aliphatic carbocycles. The molecule has 1 saturated heterocycles. The molecule has 3 aromatic rings. The first kappa shape index (κ1) is 25.3. The number of nitrogens with zero attached hydrogens (tertiary/aromatic N) is 3. The summed E-state index contributed by atoms with van der Waals surface area (Å²) in [6.45, 7) is -0.269. The zero-order valence-electron chi connectivity index (χ0n) is 18.7. The fourth-order valence-corrected chi connectivity index (χ4v) is 5.33. The standard InChI is InChI=1S/C23H19N5O5S3/c1-33-21-12-11-19(25-26-21)27-36(31,32)17-9-7-16(8-10-17)24-20(29)14-28-22(30)18(35-23(28)34)13-15-5-3-2-4-6-15/h2-13H,14H2,1H3,(H,24,29)(H,25,27)/b18-13-. The van der Waals surface area contributed by atoms with Gasteiger partial charge in [-0.1, -0.05) is 54.3 Å². The highest BCUT2D eigenvalue weighted by Crippen LogP contribution is 2.32. The van der Waals surface area contributed by atoms with E-state index in [9.17, 15) is 18.0 Å². The summed E-state index contributed by atoms with van der Waals surface area (Å²) in [7, 11) is -2.51. The Bertz CT molecular complexity index is 1430. The van der Waals surface area contributed by atoms with Crippen molar-refractivity contribution in [3.8, 4) is 5.88 Å². The molecule has 1 aliphatic heterocycles. The van der Waals surface area contributed by atoms with E-state index in [4.69, 9.17) is 17.0 Å². The molecule has 2 heterocycles. The van der Waals surface area contributed by atoms with E-state index in [1.165, 1.54) is 48.4 Å². The summed E-state index contributed by atoms with van der Waals surface area (Å²) in [5, 5.41) is 10.1. The number of thiocarbonyl (C=S) groups is 1. The summed E-state index contributed by atoms with van der Waals surface area (Å²) in [5.74, 6) is -0.554. The molecule has 2 aromatic carbocycles. The Labute approximate surface area is 216 Å². The Morgan fingerprint density at radius 2 is 1.81 bits per heavy atom. The number of hydrogen-bond donors (Lipinski definition) is 2. The third-order valence-electron chi connectivity index (χ3n) is 4.81. The Hall–Kier alpha value is -3.81. The van der Waals surface area contributed by atoms with E-state index in [1.54, 1.807) is 6.08 Å². The van der Waals surface area contributed by atoms with Gasteiger partial charge in [-0.2, -0.15) is 0 Å². The lowest BCUT2D eigenvalue weighted by molar-refractivity contribution is -0.126. The van der Waals surface area contributed by atoms with Crippen LogP contribution in [0.15, 0.2) is 76.5 Å². The smallest absolute Gasteiger partial charge is 0.266 e. The van der Waals surface area contributed by atoms with Crippen LogP contribution in [0.3, 0.4) is 0 Å². The molecule has 0 atom stereocenters. The second kappa shape index (κ2) is 10.8. The Kier molecular flexibility index (Phi) is 7.62. The monoisotopic (exact) mass is 541 g/mol. The van der Waals surface area contributed by atoms with Crippen LogP contribution in [0.2, 0.25) is 0 Å². The number of aromatic nitrogens is 2. The summed E-state index contributed by atoms with van der Waals surface area (Å²) in [6.07, 6.45) is 1.72. The molecule has 0 radical (unpaired) electrons. The lowest BCUT2D eigenvalue weighted by Crippen LogP contribution is -2.36. The number of ether oxygens (including phenoxy) is 1. The topological polar surface area (TPSA) is 131 Å². The number of nitrogens with one attached hydrogen (secondary N) is 2. The van der Waals surface area contributed by atoms with Crippen molar-refractivity contribution < 1.29 is 22.7 Å². The molecule has 1 fully saturated rings. The van der Waals surface area contributed by atoms with Crippen molar-refractivity contribution >= 4 is 67.7 Å². The number of hydrogen-bond acceptors (Lipinski definition) is 9. The average Bonchev–Trinajstić information content (AvgIpc) is 3.12. The van der Waals surface area contributed by atoms with Gasteiger partial charge in [-0.25, -0.2) is 8.42 Å². The number of carbonyl (C=O) groups excluding carboxylic acids is 2. The fourth-order valence-electron chi connectivity index (χ4n) is 3.08. The molecular weight excluding hydrogens is 522 g/mol. The van der Waals surface area contributed by atoms with Gasteiger partial charge in [0.2, 0.25) is 11.8 Å². The summed E-state index contributed by atoms with van der Waals surface area (Å²) in [4.78, 5) is 26.9. The Morgan fingerprint density at radius 3 is 2.44 bits per heavy atom. The van der Waals surface area contributed by atoms with Gasteiger partial charge in [-0.3, -0.25) is 19.2 Å². The SMILES string of the molecule is COc1ccc(NS(=O)(=O)c2ccc(NC(=O)CN3C(=O)/C(=C/c4ccccc4)SC3=S)cc2)nn1. The van der Waals surface area contributed by atoms with Crippen LogP contribution in [0.1, 0.15) is 5.56 Å². The predicted molar refractivity (Wildman–Crippen MR) is 141 cm³/mol. The molecule has 4 rings (SSSR count). The molecular formula is C23H19N5O5S3. The highest BCUT2D eigenvalue weighted by atomic mass is 32.2. The molecule has 36 heavy (non-hydrogen) atoms. The second-order valence-corrected chi connectivity index (χ2v) is 10.7. The van der Waals surface area contributed by atoms with E-state index in [2.05, 4.69) is 20.2 Å². The maximum Gasteiger partial charge on any atom is 0.266 e. The van der Waals surface area contributed by atoms with Crippen LogP contribution in [-0.2, 0) is 19.6 Å². The van der Waals surface area contributed by atoms with Crippen LogP contribution in [0.4, 0.5) is 11.5 Å². The molecule has 0 unspecified atom stereocenters. The van der Waals surface area contributed by atoms with Crippen LogP contribution in [-0.4, -0.2) is 53.3 Å². The highest BCUT2D eigenvalue weighted by Gasteiger charge is 2.33. The minimum Gasteiger partial charge on any atom is -0.480 e. The normalized spacial score (nSPS) is 14.7. The van der Waals surface area contributed by atoms with E-state index >= 15 is 0 Å². The number of amides is 2. The summed E-state index contributed by atoms with van der Waals surface area (Å²) in [5.41, 5.74) is 1.21. The van der Waals surface area contributed by atoms with Crippen molar-refractivity contribution in [3.05, 3.63) is 77.2 Å². The lowest BCUT2D eigenvalue weighted by atomic mass is 10.2. The number of sulfonamides is 1. The maximum atomic E-state index is 12.7. The first-order chi connectivity index (χ1) is 17.2. The zero-order valence-corrected chi connectivity index (χ0v) is 21.2. The number of benzene rings is 2. The van der Waals surface area contributed by atoms with Gasteiger partial charge in [0, 0.05) is 11.8 Å². The molecule has 13 heteroatoms. The fraction of sp³-hybridized carbons (Fsp3) is 0.0870. The molecule has 0 bridgehead atoms. The van der Waals surface area contributed by atoms with Gasteiger partial charge >= 0.3 is 0 Å². The van der Waals surface area contributed by atoms with E-state index in [0.29, 0.717) is 10.6 Å². The van der Waals surface area contributed by atoms with Crippen molar-refractivity contribution in [2.75, 3.05) is 23.7 Å². The molecule has 1 aromatic heterocycles. The minimum atomic E-state index is -3.93. The average molecular weight is 542 g/mol. The van der Waals surface area contributed by atoms with Crippen molar-refractivity contribution in [2.24, 2.45) is 0 Å². The van der Waals surface area contributed by atoms with Gasteiger partial charge in [0.15, 0.2) is 5.82 Å². The lowest BCUT2D eigenvalue weighted by Gasteiger charge is -2.14. The summed E-state index contributed by atoms with van der Waals surface area (Å²) in [6, 6.07) is 17.7. The second-order valence-electron chi connectivity index (χ2n) is 7.32. The number of rotatable bonds is 8. The van der Waals surface area contributed by atoms with Crippen LogP contribution in [0.5, 0.6) is 5.88 Å². The summed E-state index contributed by atoms with van der Waals surface area (Å²) >= 11 is 6.41. The molecule has 184 valence electrons. The largest absolute Gasteiger partial charge is 0.480 e. The number of carbonyl (C=O) groups is 2. The quantitative estimate of drug-likeness (QED) is 0.326. The van der Waals surface area contributed by atoms with Crippen molar-refractivity contribution in [1.29, 1.82) is 0 Å². The first-order valence-electron chi connectivity index (χ1n) is 10.4. The van der Waals surface area contributed by atoms with Crippen LogP contribution in [0, 0.1) is 0 Å². The third-order valence-corrected chi connectivity index (χ3v) is 7.56. The van der Waals surface area contributed by atoms with Gasteiger partial charge in [0.25, 0.3) is 15.9 Å². The molecule has 2 amide bonds. The van der Waals surface area contributed by atoms with E-state index < -0.39 is 15.9 Å². The zero-order chi connectivity index (χ0) is 25.7. The van der Waals surface area contributed by atoms with Crippen LogP contribution in [0.25, 0.3) is 6.08 Å². The summed E-state index contributed by atoms with van der Waals surface area (Å²) < 4.78 is 32.7. The Morgan fingerprint density at radius 1 is 1.08 bits per heavy atom. The maximum absolute atomic E-state index is 12.7. The van der Waals surface area contributed by atoms with E-state index in [-0.39, 0.29) is 33.4 Å². The molecule has 0 saturated carbocycles. The number of anilines is 2. The molecule has 2 N–H and O–H groups in total. The first-order valence-corrected chi connectivity index (χ1v) is 13.1. The molecule has 10 nitrogen and oxygen atoms in total. The van der Waals surface area contributed by atoms with Crippen molar-refractivity contribution in [2.45, 2.75) is 4.90 Å². The molecule has 0 spiro atoms. The minimum absolute atomic E-state index is 0.0259. The number of thioether (sulfide) groups is 1. The van der Waals surface area contributed by atoms with Crippen molar-refractivity contribution in [3.63, 3.8) is 0 Å². The molecule has 1 aliphatic rings.